The normalized spacial score (nSPS) is 16.1. The number of aliphatic hydroxyl groups is 1. The monoisotopic (exact) mass is 492 g/mol. The number of anilines is 1. The number of nitrogens with zero attached hydrogens (tertiary/aromatic N) is 3. The highest BCUT2D eigenvalue weighted by Gasteiger charge is 2.31. The van der Waals surface area contributed by atoms with Gasteiger partial charge >= 0.3 is 6.36 Å². The Balaban J connectivity index is 1.58. The number of alkyl halides is 3. The molecule has 1 atom stereocenters. The van der Waals surface area contributed by atoms with Gasteiger partial charge in [-0.05, 0) is 55.7 Å². The summed E-state index contributed by atoms with van der Waals surface area (Å²) in [6, 6.07) is 8.11. The number of amides is 1. The van der Waals surface area contributed by atoms with Crippen LogP contribution in [0.1, 0.15) is 35.8 Å². The van der Waals surface area contributed by atoms with Gasteiger partial charge in [-0.25, -0.2) is 9.67 Å². The van der Waals surface area contributed by atoms with E-state index >= 15 is 0 Å². The maximum atomic E-state index is 12.9. The number of halogens is 3. The molecule has 0 aliphatic carbocycles. The molecule has 2 aromatic heterocycles. The van der Waals surface area contributed by atoms with Crippen molar-refractivity contribution in [2.75, 3.05) is 25.1 Å². The number of carbonyl (C=O) groups excluding carboxylic acids is 1. The van der Waals surface area contributed by atoms with Gasteiger partial charge in [-0.3, -0.25) is 4.79 Å². The molecule has 1 aliphatic heterocycles. The predicted octanol–water partition coefficient (Wildman–Crippen LogP) is 4.17. The summed E-state index contributed by atoms with van der Waals surface area (Å²) >= 11 is 0. The molecule has 1 aromatic carbocycles. The minimum atomic E-state index is -4.80. The number of carbonyl (C=O) groups is 1. The Morgan fingerprint density at radius 2 is 2.03 bits per heavy atom. The van der Waals surface area contributed by atoms with E-state index in [1.54, 1.807) is 23.0 Å². The number of pyridine rings is 1. The topological polar surface area (TPSA) is 108 Å². The molecule has 1 aliphatic rings. The molecule has 0 radical (unpaired) electrons. The van der Waals surface area contributed by atoms with E-state index in [9.17, 15) is 23.1 Å². The molecule has 0 saturated carbocycles. The summed E-state index contributed by atoms with van der Waals surface area (Å²) in [5.41, 5.74) is 1.56. The third-order valence-electron chi connectivity index (χ3n) is 5.16. The summed E-state index contributed by atoms with van der Waals surface area (Å²) in [6.07, 6.45) is 0.592. The third-order valence-corrected chi connectivity index (χ3v) is 5.16. The molecule has 4 rings (SSSR count). The van der Waals surface area contributed by atoms with Crippen molar-refractivity contribution >= 4 is 11.6 Å². The lowest BCUT2D eigenvalue weighted by Gasteiger charge is -2.25. The van der Waals surface area contributed by atoms with E-state index in [1.807, 2.05) is 0 Å². The van der Waals surface area contributed by atoms with Crippen LogP contribution < -0.4 is 14.8 Å². The zero-order chi connectivity index (χ0) is 24.8. The second-order valence-electron chi connectivity index (χ2n) is 7.66. The van der Waals surface area contributed by atoms with E-state index < -0.39 is 18.0 Å². The van der Waals surface area contributed by atoms with Crippen LogP contribution in [0.25, 0.3) is 11.3 Å². The van der Waals surface area contributed by atoms with Crippen LogP contribution in [-0.4, -0.2) is 52.0 Å². The lowest BCUT2D eigenvalue weighted by atomic mass is 10.1. The van der Waals surface area contributed by atoms with Crippen molar-refractivity contribution in [3.63, 3.8) is 0 Å². The van der Waals surface area contributed by atoms with Crippen molar-refractivity contribution in [3.05, 3.63) is 54.4 Å². The molecule has 1 amide bonds. The molecule has 9 nitrogen and oxygen atoms in total. The Kier molecular flexibility index (Phi) is 7.51. The first kappa shape index (κ1) is 24.5. The van der Waals surface area contributed by atoms with Crippen LogP contribution >= 0.6 is 0 Å². The Hall–Kier alpha value is -3.64. The Morgan fingerprint density at radius 3 is 2.71 bits per heavy atom. The molecule has 1 fully saturated rings. The van der Waals surface area contributed by atoms with Gasteiger partial charge in [0, 0.05) is 24.7 Å². The largest absolute Gasteiger partial charge is 0.573 e. The minimum Gasteiger partial charge on any atom is -0.475 e. The summed E-state index contributed by atoms with van der Waals surface area (Å²) in [6.45, 7) is 0.402. The van der Waals surface area contributed by atoms with Crippen LogP contribution in [0.5, 0.6) is 11.6 Å². The van der Waals surface area contributed by atoms with Crippen molar-refractivity contribution in [1.29, 1.82) is 0 Å². The van der Waals surface area contributed by atoms with Gasteiger partial charge in [-0.2, -0.15) is 5.10 Å². The van der Waals surface area contributed by atoms with E-state index in [4.69, 9.17) is 9.47 Å². The van der Waals surface area contributed by atoms with Gasteiger partial charge in [0.15, 0.2) is 6.23 Å². The van der Waals surface area contributed by atoms with Gasteiger partial charge in [-0.1, -0.05) is 0 Å². The van der Waals surface area contributed by atoms with Crippen molar-refractivity contribution in [2.45, 2.75) is 31.9 Å². The molecule has 0 bridgehead atoms. The molecule has 35 heavy (non-hydrogen) atoms. The zero-order valence-electron chi connectivity index (χ0n) is 18.5. The van der Waals surface area contributed by atoms with Gasteiger partial charge < -0.3 is 24.6 Å². The fraction of sp³-hybridized carbons (Fsp3) is 0.348. The van der Waals surface area contributed by atoms with Crippen molar-refractivity contribution in [1.82, 2.24) is 14.8 Å². The van der Waals surface area contributed by atoms with E-state index in [1.165, 1.54) is 18.3 Å². The molecule has 2 N–H and O–H groups in total. The molecule has 1 unspecified atom stereocenters. The number of aromatic nitrogens is 3. The van der Waals surface area contributed by atoms with Crippen molar-refractivity contribution < 1.29 is 37.3 Å². The average molecular weight is 492 g/mol. The van der Waals surface area contributed by atoms with Crippen molar-refractivity contribution in [2.24, 2.45) is 0 Å². The molecule has 3 heterocycles. The Bertz CT molecular complexity index is 1140. The predicted molar refractivity (Wildman–Crippen MR) is 118 cm³/mol. The van der Waals surface area contributed by atoms with Crippen LogP contribution in [-0.2, 0) is 4.74 Å². The lowest BCUT2D eigenvalue weighted by molar-refractivity contribution is -0.274. The second kappa shape index (κ2) is 10.7. The highest BCUT2D eigenvalue weighted by atomic mass is 19.4. The fourth-order valence-corrected chi connectivity index (χ4v) is 3.63. The van der Waals surface area contributed by atoms with Gasteiger partial charge in [0.2, 0.25) is 5.88 Å². The molecule has 3 aromatic rings. The standard InChI is InChI=1S/C23H23F3N4O5/c24-23(25,26)35-17-6-4-16(5-7-17)29-21(32)15-13-18(22(27-14-15)34-12-10-31)19-8-9-28-30(19)20-3-1-2-11-33-20/h4-9,13-14,20,31H,1-3,10-12H2,(H,29,32). The van der Waals surface area contributed by atoms with Gasteiger partial charge in [-0.15, -0.1) is 13.2 Å². The van der Waals surface area contributed by atoms with E-state index in [0.29, 0.717) is 17.9 Å². The number of aliphatic hydroxyl groups excluding tert-OH is 1. The van der Waals surface area contributed by atoms with Crippen LogP contribution in [0.4, 0.5) is 18.9 Å². The number of hydrogen-bond acceptors (Lipinski definition) is 7. The number of benzene rings is 1. The van der Waals surface area contributed by atoms with E-state index in [-0.39, 0.29) is 36.6 Å². The number of rotatable bonds is 8. The van der Waals surface area contributed by atoms with E-state index in [0.717, 1.165) is 31.4 Å². The smallest absolute Gasteiger partial charge is 0.475 e. The number of nitrogens with one attached hydrogen (secondary N) is 1. The summed E-state index contributed by atoms with van der Waals surface area (Å²) in [5, 5.41) is 16.2. The summed E-state index contributed by atoms with van der Waals surface area (Å²) < 4.78 is 54.0. The minimum absolute atomic E-state index is 0.00591. The maximum absolute atomic E-state index is 12.9. The molecule has 0 spiro atoms. The summed E-state index contributed by atoms with van der Waals surface area (Å²) in [5.74, 6) is -0.721. The summed E-state index contributed by atoms with van der Waals surface area (Å²) in [7, 11) is 0. The first-order valence-corrected chi connectivity index (χ1v) is 10.9. The van der Waals surface area contributed by atoms with E-state index in [2.05, 4.69) is 20.1 Å². The SMILES string of the molecule is O=C(Nc1ccc(OC(F)(F)F)cc1)c1cnc(OCCO)c(-c2ccnn2C2CCCCO2)c1. The highest BCUT2D eigenvalue weighted by Crippen LogP contribution is 2.33. The molecule has 12 heteroatoms. The molecular formula is C23H23F3N4O5. The zero-order valence-corrected chi connectivity index (χ0v) is 18.5. The van der Waals surface area contributed by atoms with Gasteiger partial charge in [0.25, 0.3) is 5.91 Å². The summed E-state index contributed by atoms with van der Waals surface area (Å²) in [4.78, 5) is 17.1. The van der Waals surface area contributed by atoms with Gasteiger partial charge in [0.05, 0.1) is 23.4 Å². The quantitative estimate of drug-likeness (QED) is 0.486. The Labute approximate surface area is 198 Å². The number of hydrogen-bond donors (Lipinski definition) is 2. The first-order chi connectivity index (χ1) is 16.8. The maximum Gasteiger partial charge on any atom is 0.573 e. The van der Waals surface area contributed by atoms with Crippen molar-refractivity contribution in [3.8, 4) is 22.9 Å². The van der Waals surface area contributed by atoms with Crippen LogP contribution in [0, 0.1) is 0 Å². The molecule has 1 saturated heterocycles. The Morgan fingerprint density at radius 1 is 1.23 bits per heavy atom. The second-order valence-corrected chi connectivity index (χ2v) is 7.66. The van der Waals surface area contributed by atoms with Gasteiger partial charge in [0.1, 0.15) is 12.4 Å². The molecule has 186 valence electrons. The first-order valence-electron chi connectivity index (χ1n) is 10.9. The van der Waals surface area contributed by atoms with Crippen LogP contribution in [0.2, 0.25) is 0 Å². The molecular weight excluding hydrogens is 469 g/mol. The fourth-order valence-electron chi connectivity index (χ4n) is 3.63. The highest BCUT2D eigenvalue weighted by molar-refractivity contribution is 6.04. The average Bonchev–Trinajstić information content (AvgIpc) is 3.33. The number of ether oxygens (including phenoxy) is 3. The lowest BCUT2D eigenvalue weighted by Crippen LogP contribution is -2.20. The third kappa shape index (κ3) is 6.28. The van der Waals surface area contributed by atoms with Crippen LogP contribution in [0.3, 0.4) is 0 Å². The van der Waals surface area contributed by atoms with Crippen LogP contribution in [0.15, 0.2) is 48.8 Å².